The van der Waals surface area contributed by atoms with Gasteiger partial charge in [-0.15, -0.1) is 0 Å². The van der Waals surface area contributed by atoms with Crippen molar-refractivity contribution in [3.63, 3.8) is 0 Å². The van der Waals surface area contributed by atoms with Gasteiger partial charge in [0.1, 0.15) is 0 Å². The number of carbonyl (C=O) groups is 1. The summed E-state index contributed by atoms with van der Waals surface area (Å²) in [4.78, 5) is 16.6. The summed E-state index contributed by atoms with van der Waals surface area (Å²) < 4.78 is 5.16. The smallest absolute Gasteiger partial charge is 0.168 e. The van der Waals surface area contributed by atoms with Crippen molar-refractivity contribution in [3.05, 3.63) is 30.3 Å². The van der Waals surface area contributed by atoms with Crippen LogP contribution < -0.4 is 5.48 Å². The van der Waals surface area contributed by atoms with Gasteiger partial charge >= 0.3 is 0 Å². The molecule has 1 N–H and O–H groups in total. The van der Waals surface area contributed by atoms with Gasteiger partial charge in [-0.3, -0.25) is 15.1 Å². The van der Waals surface area contributed by atoms with Crippen molar-refractivity contribution in [3.8, 4) is 0 Å². The van der Waals surface area contributed by atoms with Crippen LogP contribution in [-0.2, 0) is 14.4 Å². The number of ether oxygens (including phenoxy) is 1. The van der Waals surface area contributed by atoms with E-state index in [4.69, 9.17) is 9.57 Å². The zero-order valence-corrected chi connectivity index (χ0v) is 8.31. The van der Waals surface area contributed by atoms with E-state index in [2.05, 4.69) is 5.48 Å². The Hall–Kier alpha value is -1.39. The van der Waals surface area contributed by atoms with Gasteiger partial charge in [-0.1, -0.05) is 18.2 Å². The van der Waals surface area contributed by atoms with E-state index in [0.717, 1.165) is 5.69 Å². The SMILES string of the molecule is O=C1CCOC[C@@H]1ONc1ccccc1. The molecule has 1 aromatic rings. The Morgan fingerprint density at radius 1 is 1.33 bits per heavy atom. The van der Waals surface area contributed by atoms with Crippen LogP contribution in [-0.4, -0.2) is 25.1 Å². The lowest BCUT2D eigenvalue weighted by Crippen LogP contribution is -2.36. The highest BCUT2D eigenvalue weighted by atomic mass is 16.7. The van der Waals surface area contributed by atoms with Crippen LogP contribution >= 0.6 is 0 Å². The highest BCUT2D eigenvalue weighted by Crippen LogP contribution is 2.10. The molecule has 0 unspecified atom stereocenters. The molecule has 1 heterocycles. The lowest BCUT2D eigenvalue weighted by atomic mass is 10.1. The average Bonchev–Trinajstić information content (AvgIpc) is 2.29. The van der Waals surface area contributed by atoms with Gasteiger partial charge in [0.05, 0.1) is 18.9 Å². The summed E-state index contributed by atoms with van der Waals surface area (Å²) in [5.41, 5.74) is 3.57. The molecule has 2 rings (SSSR count). The number of para-hydroxylation sites is 1. The highest BCUT2D eigenvalue weighted by molar-refractivity contribution is 5.83. The van der Waals surface area contributed by atoms with Crippen LogP contribution in [0.4, 0.5) is 5.69 Å². The topological polar surface area (TPSA) is 47.6 Å². The van der Waals surface area contributed by atoms with Crippen LogP contribution in [0, 0.1) is 0 Å². The summed E-state index contributed by atoms with van der Waals surface area (Å²) in [7, 11) is 0. The molecule has 1 aliphatic heterocycles. The van der Waals surface area contributed by atoms with Crippen molar-refractivity contribution in [2.75, 3.05) is 18.7 Å². The van der Waals surface area contributed by atoms with E-state index in [9.17, 15) is 4.79 Å². The number of carbonyl (C=O) groups excluding carboxylic acids is 1. The van der Waals surface area contributed by atoms with Gasteiger partial charge in [0.2, 0.25) is 0 Å². The first-order valence-electron chi connectivity index (χ1n) is 4.93. The molecule has 1 fully saturated rings. The molecule has 4 nitrogen and oxygen atoms in total. The van der Waals surface area contributed by atoms with Crippen molar-refractivity contribution < 1.29 is 14.4 Å². The number of Topliss-reactive ketones (excluding diaryl/α,β-unsaturated/α-hetero) is 1. The molecule has 1 saturated heterocycles. The third-order valence-corrected chi connectivity index (χ3v) is 2.21. The maximum Gasteiger partial charge on any atom is 0.168 e. The monoisotopic (exact) mass is 207 g/mol. The Bertz CT molecular complexity index is 326. The molecular weight excluding hydrogens is 194 g/mol. The van der Waals surface area contributed by atoms with Crippen molar-refractivity contribution in [2.45, 2.75) is 12.5 Å². The van der Waals surface area contributed by atoms with E-state index >= 15 is 0 Å². The van der Waals surface area contributed by atoms with Crippen LogP contribution in [0.2, 0.25) is 0 Å². The number of anilines is 1. The minimum atomic E-state index is -0.487. The summed E-state index contributed by atoms with van der Waals surface area (Å²) in [6.45, 7) is 0.836. The van der Waals surface area contributed by atoms with E-state index in [1.165, 1.54) is 0 Å². The second-order valence-corrected chi connectivity index (χ2v) is 3.37. The predicted octanol–water partition coefficient (Wildman–Crippen LogP) is 1.39. The first-order valence-corrected chi connectivity index (χ1v) is 4.93. The largest absolute Gasteiger partial charge is 0.378 e. The number of rotatable bonds is 3. The van der Waals surface area contributed by atoms with Crippen LogP contribution in [0.15, 0.2) is 30.3 Å². The van der Waals surface area contributed by atoms with Crippen LogP contribution in [0.1, 0.15) is 6.42 Å². The molecule has 1 aliphatic rings. The Kier molecular flexibility index (Phi) is 3.32. The standard InChI is InChI=1S/C11H13NO3/c13-10-6-7-14-8-11(10)15-12-9-4-2-1-3-5-9/h1-5,11-12H,6-8H2/t11-/m0/s1. The molecule has 15 heavy (non-hydrogen) atoms. The first-order chi connectivity index (χ1) is 7.36. The number of ketones is 1. The van der Waals surface area contributed by atoms with Crippen molar-refractivity contribution >= 4 is 11.5 Å². The minimum absolute atomic E-state index is 0.0877. The van der Waals surface area contributed by atoms with Gasteiger partial charge in [-0.2, -0.15) is 0 Å². The van der Waals surface area contributed by atoms with Crippen LogP contribution in [0.3, 0.4) is 0 Å². The van der Waals surface area contributed by atoms with Gasteiger partial charge in [-0.25, -0.2) is 0 Å². The first kappa shape index (κ1) is 10.1. The van der Waals surface area contributed by atoms with Gasteiger partial charge in [0.15, 0.2) is 11.9 Å². The molecule has 0 aliphatic carbocycles. The van der Waals surface area contributed by atoms with E-state index in [1.54, 1.807) is 0 Å². The van der Waals surface area contributed by atoms with Crippen molar-refractivity contribution in [1.82, 2.24) is 0 Å². The number of hydrogen-bond donors (Lipinski definition) is 1. The molecule has 1 aromatic carbocycles. The molecule has 0 radical (unpaired) electrons. The predicted molar refractivity (Wildman–Crippen MR) is 55.4 cm³/mol. The number of benzene rings is 1. The fraction of sp³-hybridized carbons (Fsp3) is 0.364. The average molecular weight is 207 g/mol. The van der Waals surface area contributed by atoms with Gasteiger partial charge < -0.3 is 4.74 Å². The third-order valence-electron chi connectivity index (χ3n) is 2.21. The molecule has 4 heteroatoms. The molecular formula is C11H13NO3. The fourth-order valence-electron chi connectivity index (χ4n) is 1.36. The van der Waals surface area contributed by atoms with Crippen LogP contribution in [0.5, 0.6) is 0 Å². The normalized spacial score (nSPS) is 21.3. The molecule has 0 amide bonds. The van der Waals surface area contributed by atoms with Gasteiger partial charge in [0.25, 0.3) is 0 Å². The Morgan fingerprint density at radius 2 is 2.13 bits per heavy atom. The zero-order valence-electron chi connectivity index (χ0n) is 8.31. The summed E-state index contributed by atoms with van der Waals surface area (Å²) in [5, 5.41) is 0. The van der Waals surface area contributed by atoms with Crippen molar-refractivity contribution in [1.29, 1.82) is 0 Å². The molecule has 0 saturated carbocycles. The lowest BCUT2D eigenvalue weighted by molar-refractivity contribution is -0.139. The number of hydrogen-bond acceptors (Lipinski definition) is 4. The van der Waals surface area contributed by atoms with Gasteiger partial charge in [0, 0.05) is 6.42 Å². The molecule has 80 valence electrons. The maximum absolute atomic E-state index is 11.4. The van der Waals surface area contributed by atoms with Crippen LogP contribution in [0.25, 0.3) is 0 Å². The Labute approximate surface area is 88.1 Å². The van der Waals surface area contributed by atoms with Crippen molar-refractivity contribution in [2.24, 2.45) is 0 Å². The fourth-order valence-corrected chi connectivity index (χ4v) is 1.36. The Morgan fingerprint density at radius 3 is 2.87 bits per heavy atom. The summed E-state index contributed by atoms with van der Waals surface area (Å²) >= 11 is 0. The van der Waals surface area contributed by atoms with E-state index < -0.39 is 6.10 Å². The lowest BCUT2D eigenvalue weighted by Gasteiger charge is -2.21. The second kappa shape index (κ2) is 4.91. The quantitative estimate of drug-likeness (QED) is 0.761. The zero-order chi connectivity index (χ0) is 10.5. The Balaban J connectivity index is 1.85. The molecule has 1 atom stereocenters. The van der Waals surface area contributed by atoms with E-state index in [-0.39, 0.29) is 5.78 Å². The molecule has 0 aromatic heterocycles. The van der Waals surface area contributed by atoms with E-state index in [1.807, 2.05) is 30.3 Å². The number of nitrogens with one attached hydrogen (secondary N) is 1. The minimum Gasteiger partial charge on any atom is -0.378 e. The van der Waals surface area contributed by atoms with Gasteiger partial charge in [-0.05, 0) is 12.1 Å². The summed E-state index contributed by atoms with van der Waals surface area (Å²) in [5.74, 6) is 0.0877. The van der Waals surface area contributed by atoms with E-state index in [0.29, 0.717) is 19.6 Å². The molecule has 0 spiro atoms. The second-order valence-electron chi connectivity index (χ2n) is 3.37. The third kappa shape index (κ3) is 2.78. The molecule has 0 bridgehead atoms. The summed E-state index contributed by atoms with van der Waals surface area (Å²) in [6, 6.07) is 9.44. The highest BCUT2D eigenvalue weighted by Gasteiger charge is 2.23. The summed E-state index contributed by atoms with van der Waals surface area (Å²) in [6.07, 6.45) is -0.0554. The maximum atomic E-state index is 11.4.